The fraction of sp³-hybridized carbons (Fsp3) is 0.143. The van der Waals surface area contributed by atoms with Crippen LogP contribution in [-0.2, 0) is 4.79 Å². The number of amides is 1. The van der Waals surface area contributed by atoms with E-state index in [1.165, 1.54) is 47.6 Å². The number of hydrogen-bond acceptors (Lipinski definition) is 7. The molecule has 0 unspecified atom stereocenters. The molecule has 0 aliphatic heterocycles. The number of halogens is 1. The van der Waals surface area contributed by atoms with Gasteiger partial charge in [-0.1, -0.05) is 17.8 Å². The largest absolute Gasteiger partial charge is 0.497 e. The Balaban J connectivity index is 1.50. The highest BCUT2D eigenvalue weighted by atomic mass is 32.2. The number of ether oxygens (including phenoxy) is 2. The Labute approximate surface area is 185 Å². The molecule has 11 heteroatoms. The maximum absolute atomic E-state index is 13.5. The van der Waals surface area contributed by atoms with Crippen LogP contribution >= 0.6 is 11.8 Å². The summed E-state index contributed by atoms with van der Waals surface area (Å²) in [6.07, 6.45) is 3.09. The number of benzene rings is 2. The van der Waals surface area contributed by atoms with Gasteiger partial charge in [-0.05, 0) is 18.2 Å². The lowest BCUT2D eigenvalue weighted by atomic mass is 10.2. The molecule has 0 aliphatic rings. The highest BCUT2D eigenvalue weighted by molar-refractivity contribution is 7.99. The maximum Gasteiger partial charge on any atom is 0.300 e. The van der Waals surface area contributed by atoms with Gasteiger partial charge in [0.2, 0.25) is 11.6 Å². The Morgan fingerprint density at radius 2 is 1.84 bits per heavy atom. The summed E-state index contributed by atoms with van der Waals surface area (Å²) in [6, 6.07) is 10.7. The molecule has 9 nitrogen and oxygen atoms in total. The average molecular weight is 455 g/mol. The first-order chi connectivity index (χ1) is 15.5. The van der Waals surface area contributed by atoms with Gasteiger partial charge < -0.3 is 14.8 Å². The monoisotopic (exact) mass is 455 g/mol. The number of methoxy groups -OCH3 is 2. The highest BCUT2D eigenvalue weighted by Crippen LogP contribution is 2.26. The normalized spacial score (nSPS) is 10.8. The van der Waals surface area contributed by atoms with Crippen LogP contribution in [0.1, 0.15) is 0 Å². The van der Waals surface area contributed by atoms with Crippen molar-refractivity contribution in [2.45, 2.75) is 5.16 Å². The molecule has 0 saturated heterocycles. The van der Waals surface area contributed by atoms with Gasteiger partial charge in [-0.25, -0.2) is 4.39 Å². The molecule has 2 aromatic heterocycles. The molecule has 1 amide bonds. The molecule has 0 aliphatic carbocycles. The van der Waals surface area contributed by atoms with E-state index in [9.17, 15) is 14.0 Å². The molecule has 2 heterocycles. The number of rotatable bonds is 7. The van der Waals surface area contributed by atoms with Crippen molar-refractivity contribution in [3.8, 4) is 17.2 Å². The zero-order chi connectivity index (χ0) is 22.7. The lowest BCUT2D eigenvalue weighted by molar-refractivity contribution is -0.113. The average Bonchev–Trinajstić information content (AvgIpc) is 3.21. The van der Waals surface area contributed by atoms with Crippen molar-refractivity contribution in [3.63, 3.8) is 0 Å². The van der Waals surface area contributed by atoms with Crippen LogP contribution in [0.5, 0.6) is 11.5 Å². The summed E-state index contributed by atoms with van der Waals surface area (Å²) >= 11 is 1.12. The fourth-order valence-corrected chi connectivity index (χ4v) is 3.72. The number of nitrogens with one attached hydrogen (secondary N) is 1. The zero-order valence-electron chi connectivity index (χ0n) is 17.1. The van der Waals surface area contributed by atoms with Crippen LogP contribution in [0, 0.1) is 5.82 Å². The predicted molar refractivity (Wildman–Crippen MR) is 117 cm³/mol. The van der Waals surface area contributed by atoms with Gasteiger partial charge in [0.05, 0.1) is 25.7 Å². The molecule has 0 spiro atoms. The minimum atomic E-state index is -0.453. The van der Waals surface area contributed by atoms with E-state index in [4.69, 9.17) is 9.47 Å². The molecule has 0 fully saturated rings. The van der Waals surface area contributed by atoms with Gasteiger partial charge in [-0.3, -0.25) is 18.6 Å². The molecular weight excluding hydrogens is 437 g/mol. The van der Waals surface area contributed by atoms with Crippen LogP contribution in [-0.4, -0.2) is 45.0 Å². The van der Waals surface area contributed by atoms with E-state index in [-0.39, 0.29) is 17.3 Å². The third-order valence-electron chi connectivity index (χ3n) is 4.49. The third kappa shape index (κ3) is 4.42. The summed E-state index contributed by atoms with van der Waals surface area (Å²) in [5.41, 5.74) is 0.515. The first-order valence-corrected chi connectivity index (χ1v) is 10.3. The summed E-state index contributed by atoms with van der Waals surface area (Å²) in [4.78, 5) is 25.2. The molecule has 4 aromatic rings. The number of thioether (sulfide) groups is 1. The Bertz CT molecular complexity index is 1330. The number of anilines is 1. The van der Waals surface area contributed by atoms with E-state index in [0.29, 0.717) is 28.0 Å². The third-order valence-corrected chi connectivity index (χ3v) is 5.44. The fourth-order valence-electron chi connectivity index (χ4n) is 3.00. The van der Waals surface area contributed by atoms with Crippen molar-refractivity contribution < 1.29 is 18.7 Å². The number of carbonyl (C=O) groups excluding carboxylic acids is 1. The minimum absolute atomic E-state index is 0.0350. The standard InChI is InChI=1S/C21H18FN5O4S/c1-30-16-9-14(10-17(11-16)31-2)23-18(28)12-32-21-25-24-19-20(29)26(6-7-27(19)21)15-5-3-4-13(22)8-15/h3-11H,12H2,1-2H3,(H,23,28). The molecule has 164 valence electrons. The Morgan fingerprint density at radius 1 is 1.09 bits per heavy atom. The smallest absolute Gasteiger partial charge is 0.300 e. The van der Waals surface area contributed by atoms with Gasteiger partial charge in [0, 0.05) is 36.3 Å². The van der Waals surface area contributed by atoms with Crippen molar-refractivity contribution >= 4 is 29.0 Å². The SMILES string of the molecule is COc1cc(NC(=O)CSc2nnc3c(=O)n(-c4cccc(F)c4)ccn23)cc(OC)c1. The molecule has 2 aromatic carbocycles. The van der Waals surface area contributed by atoms with E-state index in [0.717, 1.165) is 11.8 Å². The van der Waals surface area contributed by atoms with Crippen LogP contribution in [0.4, 0.5) is 10.1 Å². The molecule has 0 atom stereocenters. The highest BCUT2D eigenvalue weighted by Gasteiger charge is 2.14. The van der Waals surface area contributed by atoms with Crippen molar-refractivity contribution in [1.82, 2.24) is 19.2 Å². The van der Waals surface area contributed by atoms with Crippen LogP contribution in [0.2, 0.25) is 0 Å². The summed E-state index contributed by atoms with van der Waals surface area (Å²) < 4.78 is 26.7. The number of nitrogens with zero attached hydrogens (tertiary/aromatic N) is 4. The molecule has 1 N–H and O–H groups in total. The van der Waals surface area contributed by atoms with Gasteiger partial charge >= 0.3 is 5.56 Å². The van der Waals surface area contributed by atoms with Crippen molar-refractivity contribution in [2.24, 2.45) is 0 Å². The first kappa shape index (κ1) is 21.4. The zero-order valence-corrected chi connectivity index (χ0v) is 17.9. The van der Waals surface area contributed by atoms with Crippen LogP contribution in [0.15, 0.2) is 64.8 Å². The van der Waals surface area contributed by atoms with Crippen LogP contribution in [0.3, 0.4) is 0 Å². The van der Waals surface area contributed by atoms with Gasteiger partial charge in [-0.2, -0.15) is 0 Å². The van der Waals surface area contributed by atoms with Gasteiger partial charge in [0.25, 0.3) is 0 Å². The number of hydrogen-bond donors (Lipinski definition) is 1. The summed E-state index contributed by atoms with van der Waals surface area (Å²) in [7, 11) is 3.05. The topological polar surface area (TPSA) is 99.8 Å². The second-order valence-corrected chi connectivity index (χ2v) is 7.51. The lowest BCUT2D eigenvalue weighted by Crippen LogP contribution is -2.20. The maximum atomic E-state index is 13.5. The van der Waals surface area contributed by atoms with E-state index < -0.39 is 11.4 Å². The molecule has 4 rings (SSSR count). The Hall–Kier alpha value is -3.86. The number of aromatic nitrogens is 4. The summed E-state index contributed by atoms with van der Waals surface area (Å²) in [5, 5.41) is 11.1. The minimum Gasteiger partial charge on any atom is -0.497 e. The molecule has 32 heavy (non-hydrogen) atoms. The number of carbonyl (C=O) groups is 1. The Morgan fingerprint density at radius 3 is 2.53 bits per heavy atom. The van der Waals surface area contributed by atoms with Crippen molar-refractivity contribution in [3.05, 3.63) is 71.0 Å². The lowest BCUT2D eigenvalue weighted by Gasteiger charge is -2.09. The molecular formula is C21H18FN5O4S. The quantitative estimate of drug-likeness (QED) is 0.428. The van der Waals surface area contributed by atoms with Gasteiger partial charge in [0.15, 0.2) is 5.16 Å². The van der Waals surface area contributed by atoms with Gasteiger partial charge in [-0.15, -0.1) is 10.2 Å². The summed E-state index contributed by atoms with van der Waals surface area (Å²) in [6.45, 7) is 0. The predicted octanol–water partition coefficient (Wildman–Crippen LogP) is 2.77. The molecule has 0 bridgehead atoms. The van der Waals surface area contributed by atoms with E-state index in [1.807, 2.05) is 0 Å². The van der Waals surface area contributed by atoms with Crippen LogP contribution < -0.4 is 20.3 Å². The van der Waals surface area contributed by atoms with Crippen LogP contribution in [0.25, 0.3) is 11.3 Å². The van der Waals surface area contributed by atoms with E-state index in [2.05, 4.69) is 15.5 Å². The van der Waals surface area contributed by atoms with Gasteiger partial charge in [0.1, 0.15) is 17.3 Å². The second kappa shape index (κ2) is 9.10. The number of fused-ring (bicyclic) bond motifs is 1. The second-order valence-electron chi connectivity index (χ2n) is 6.57. The molecule has 0 radical (unpaired) electrons. The van der Waals surface area contributed by atoms with Crippen molar-refractivity contribution in [1.29, 1.82) is 0 Å². The van der Waals surface area contributed by atoms with E-state index >= 15 is 0 Å². The van der Waals surface area contributed by atoms with E-state index in [1.54, 1.807) is 30.5 Å². The molecule has 0 saturated carbocycles. The first-order valence-electron chi connectivity index (χ1n) is 9.36. The summed E-state index contributed by atoms with van der Waals surface area (Å²) in [5.74, 6) is 0.394. The van der Waals surface area contributed by atoms with Crippen molar-refractivity contribution in [2.75, 3.05) is 25.3 Å². The Kier molecular flexibility index (Phi) is 6.08.